The topological polar surface area (TPSA) is 55.4 Å². The van der Waals surface area contributed by atoms with Crippen molar-refractivity contribution in [2.24, 2.45) is 0 Å². The van der Waals surface area contributed by atoms with Gasteiger partial charge in [0.1, 0.15) is 0 Å². The summed E-state index contributed by atoms with van der Waals surface area (Å²) < 4.78 is 45.7. The normalized spacial score (nSPS) is 11.4. The molecule has 0 aromatic heterocycles. The van der Waals surface area contributed by atoms with Gasteiger partial charge in [0, 0.05) is 6.54 Å². The maximum Gasteiger partial charge on any atom is 0.240 e. The van der Waals surface area contributed by atoms with Crippen LogP contribution in [0.4, 0.5) is 4.39 Å². The molecule has 4 nitrogen and oxygen atoms in total. The molecular formula is C16H18FNO3S. The molecule has 0 aliphatic carbocycles. The predicted molar refractivity (Wildman–Crippen MR) is 82.8 cm³/mol. The van der Waals surface area contributed by atoms with Crippen LogP contribution in [0.5, 0.6) is 5.75 Å². The fraction of sp³-hybridized carbons (Fsp3) is 0.250. The van der Waals surface area contributed by atoms with Gasteiger partial charge in [-0.2, -0.15) is 0 Å². The molecule has 118 valence electrons. The molecule has 0 atom stereocenters. The van der Waals surface area contributed by atoms with Crippen molar-refractivity contribution >= 4 is 10.0 Å². The molecule has 0 radical (unpaired) electrons. The first-order valence-electron chi connectivity index (χ1n) is 6.90. The lowest BCUT2D eigenvalue weighted by molar-refractivity contribution is 0.321. The summed E-state index contributed by atoms with van der Waals surface area (Å²) in [5, 5.41) is 0. The van der Waals surface area contributed by atoms with Crippen LogP contribution < -0.4 is 9.46 Å². The Labute approximate surface area is 130 Å². The van der Waals surface area contributed by atoms with Crippen LogP contribution in [0.3, 0.4) is 0 Å². The second-order valence-electron chi connectivity index (χ2n) is 4.84. The van der Waals surface area contributed by atoms with Gasteiger partial charge in [-0.05, 0) is 37.6 Å². The lowest BCUT2D eigenvalue weighted by Crippen LogP contribution is -2.23. The van der Waals surface area contributed by atoms with Gasteiger partial charge >= 0.3 is 0 Å². The van der Waals surface area contributed by atoms with E-state index in [9.17, 15) is 12.8 Å². The molecule has 0 saturated heterocycles. The van der Waals surface area contributed by atoms with Gasteiger partial charge < -0.3 is 4.74 Å². The Bertz CT molecular complexity index is 760. The van der Waals surface area contributed by atoms with Crippen molar-refractivity contribution in [1.29, 1.82) is 0 Å². The molecule has 0 fully saturated rings. The molecule has 0 spiro atoms. The minimum atomic E-state index is -3.77. The predicted octanol–water partition coefficient (Wildman–Crippen LogP) is 3.01. The van der Waals surface area contributed by atoms with Gasteiger partial charge in [-0.3, -0.25) is 0 Å². The van der Waals surface area contributed by atoms with E-state index in [1.807, 2.05) is 31.2 Å². The third-order valence-electron chi connectivity index (χ3n) is 3.06. The molecule has 2 rings (SSSR count). The Morgan fingerprint density at radius 3 is 2.59 bits per heavy atom. The van der Waals surface area contributed by atoms with Crippen molar-refractivity contribution in [1.82, 2.24) is 4.72 Å². The van der Waals surface area contributed by atoms with Gasteiger partial charge in [0.25, 0.3) is 0 Å². The van der Waals surface area contributed by atoms with Crippen LogP contribution in [0.15, 0.2) is 47.4 Å². The molecule has 0 amide bonds. The summed E-state index contributed by atoms with van der Waals surface area (Å²) in [5.41, 5.74) is 1.89. The summed E-state index contributed by atoms with van der Waals surface area (Å²) in [6.07, 6.45) is 0. The van der Waals surface area contributed by atoms with Crippen molar-refractivity contribution in [3.05, 3.63) is 59.4 Å². The molecule has 1 N–H and O–H groups in total. The molecule has 0 saturated carbocycles. The third-order valence-corrected chi connectivity index (χ3v) is 4.46. The summed E-state index contributed by atoms with van der Waals surface area (Å²) >= 11 is 0. The van der Waals surface area contributed by atoms with E-state index in [1.54, 1.807) is 6.92 Å². The largest absolute Gasteiger partial charge is 0.491 e. The van der Waals surface area contributed by atoms with E-state index in [-0.39, 0.29) is 17.2 Å². The van der Waals surface area contributed by atoms with Gasteiger partial charge in [0.05, 0.1) is 11.5 Å². The van der Waals surface area contributed by atoms with Gasteiger partial charge in [0.15, 0.2) is 11.6 Å². The van der Waals surface area contributed by atoms with Crippen LogP contribution >= 0.6 is 0 Å². The Morgan fingerprint density at radius 2 is 1.95 bits per heavy atom. The van der Waals surface area contributed by atoms with Crippen molar-refractivity contribution < 1.29 is 17.5 Å². The molecule has 2 aromatic carbocycles. The number of aryl methyl sites for hydroxylation is 1. The molecule has 0 aliphatic heterocycles. The Balaban J connectivity index is 2.15. The van der Waals surface area contributed by atoms with Gasteiger partial charge in [-0.15, -0.1) is 0 Å². The highest BCUT2D eigenvalue weighted by Gasteiger charge is 2.16. The van der Waals surface area contributed by atoms with E-state index in [1.165, 1.54) is 12.1 Å². The number of sulfonamides is 1. The second-order valence-corrected chi connectivity index (χ2v) is 6.61. The number of halogens is 1. The van der Waals surface area contributed by atoms with Crippen molar-refractivity contribution in [3.63, 3.8) is 0 Å². The van der Waals surface area contributed by atoms with Crippen LogP contribution in [0.2, 0.25) is 0 Å². The lowest BCUT2D eigenvalue weighted by atomic mass is 10.1. The zero-order chi connectivity index (χ0) is 16.2. The highest BCUT2D eigenvalue weighted by atomic mass is 32.2. The minimum Gasteiger partial charge on any atom is -0.491 e. The average molecular weight is 323 g/mol. The zero-order valence-electron chi connectivity index (χ0n) is 12.5. The molecule has 0 aliphatic rings. The van der Waals surface area contributed by atoms with Crippen molar-refractivity contribution in [2.75, 3.05) is 6.61 Å². The van der Waals surface area contributed by atoms with E-state index in [2.05, 4.69) is 4.72 Å². The standard InChI is InChI=1S/C16H18FNO3S/c1-3-21-16-8-7-14(10-15(16)17)22(19,20)18-11-13-6-4-5-12(2)9-13/h4-10,18H,3,11H2,1-2H3. The first-order valence-corrected chi connectivity index (χ1v) is 8.38. The van der Waals surface area contributed by atoms with Crippen LogP contribution in [0.1, 0.15) is 18.1 Å². The molecular weight excluding hydrogens is 305 g/mol. The third kappa shape index (κ3) is 4.05. The lowest BCUT2D eigenvalue weighted by Gasteiger charge is -2.09. The quantitative estimate of drug-likeness (QED) is 0.889. The molecule has 0 bridgehead atoms. The minimum absolute atomic E-state index is 0.0418. The van der Waals surface area contributed by atoms with E-state index < -0.39 is 15.8 Å². The smallest absolute Gasteiger partial charge is 0.240 e. The maximum atomic E-state index is 13.8. The van der Waals surface area contributed by atoms with Gasteiger partial charge in [0.2, 0.25) is 10.0 Å². The Hall–Kier alpha value is -1.92. The van der Waals surface area contributed by atoms with Crippen LogP contribution in [-0.2, 0) is 16.6 Å². The summed E-state index contributed by atoms with van der Waals surface area (Å²) in [4.78, 5) is -0.124. The molecule has 22 heavy (non-hydrogen) atoms. The number of ether oxygens (including phenoxy) is 1. The van der Waals surface area contributed by atoms with Crippen LogP contribution in [0.25, 0.3) is 0 Å². The van der Waals surface area contributed by atoms with E-state index in [0.29, 0.717) is 6.61 Å². The Morgan fingerprint density at radius 1 is 1.18 bits per heavy atom. The Kier molecular flexibility index (Phi) is 5.15. The average Bonchev–Trinajstić information content (AvgIpc) is 2.47. The summed E-state index contributed by atoms with van der Waals surface area (Å²) in [6.45, 7) is 4.13. The summed E-state index contributed by atoms with van der Waals surface area (Å²) in [5.74, 6) is -0.652. The highest BCUT2D eigenvalue weighted by Crippen LogP contribution is 2.21. The maximum absolute atomic E-state index is 13.8. The number of rotatable bonds is 6. The molecule has 6 heteroatoms. The first kappa shape index (κ1) is 16.5. The van der Waals surface area contributed by atoms with Gasteiger partial charge in [-0.25, -0.2) is 17.5 Å². The van der Waals surface area contributed by atoms with E-state index >= 15 is 0 Å². The van der Waals surface area contributed by atoms with E-state index in [0.717, 1.165) is 17.2 Å². The van der Waals surface area contributed by atoms with Crippen LogP contribution in [-0.4, -0.2) is 15.0 Å². The number of benzene rings is 2. The number of hydrogen-bond acceptors (Lipinski definition) is 3. The molecule has 0 unspecified atom stereocenters. The summed E-state index contributed by atoms with van der Waals surface area (Å²) in [7, 11) is -3.77. The van der Waals surface area contributed by atoms with Gasteiger partial charge in [-0.1, -0.05) is 29.8 Å². The highest BCUT2D eigenvalue weighted by molar-refractivity contribution is 7.89. The monoisotopic (exact) mass is 323 g/mol. The second kappa shape index (κ2) is 6.89. The molecule has 2 aromatic rings. The number of hydrogen-bond donors (Lipinski definition) is 1. The van der Waals surface area contributed by atoms with E-state index in [4.69, 9.17) is 4.74 Å². The van der Waals surface area contributed by atoms with Crippen LogP contribution in [0, 0.1) is 12.7 Å². The molecule has 0 heterocycles. The number of nitrogens with one attached hydrogen (secondary N) is 1. The van der Waals surface area contributed by atoms with Crippen molar-refractivity contribution in [3.8, 4) is 5.75 Å². The first-order chi connectivity index (χ1) is 10.4. The SMILES string of the molecule is CCOc1ccc(S(=O)(=O)NCc2cccc(C)c2)cc1F. The van der Waals surface area contributed by atoms with Crippen molar-refractivity contribution in [2.45, 2.75) is 25.3 Å². The fourth-order valence-corrected chi connectivity index (χ4v) is 3.03. The fourth-order valence-electron chi connectivity index (χ4n) is 2.01. The zero-order valence-corrected chi connectivity index (χ0v) is 13.3. The summed E-state index contributed by atoms with van der Waals surface area (Å²) in [6, 6.07) is 11.1.